The van der Waals surface area contributed by atoms with Crippen molar-refractivity contribution < 1.29 is 4.79 Å². The fourth-order valence-electron chi connectivity index (χ4n) is 4.38. The van der Waals surface area contributed by atoms with E-state index in [2.05, 4.69) is 54.5 Å². The lowest BCUT2D eigenvalue weighted by Crippen LogP contribution is -2.31. The number of nitrogens with one attached hydrogen (secondary N) is 1. The third-order valence-corrected chi connectivity index (χ3v) is 6.47. The topological polar surface area (TPSA) is 49.6 Å². The van der Waals surface area contributed by atoms with Gasteiger partial charge in [-0.25, -0.2) is 4.98 Å². The van der Waals surface area contributed by atoms with E-state index in [1.54, 1.807) is 25.1 Å². The molecule has 152 valence electrons. The van der Waals surface area contributed by atoms with Gasteiger partial charge in [-0.1, -0.05) is 55.8 Å². The predicted octanol–water partition coefficient (Wildman–Crippen LogP) is 4.15. The highest BCUT2D eigenvalue weighted by atomic mass is 35.5. The highest BCUT2D eigenvalue weighted by Crippen LogP contribution is 2.63. The Morgan fingerprint density at radius 1 is 1.21 bits per heavy atom. The van der Waals surface area contributed by atoms with Gasteiger partial charge in [0.1, 0.15) is 5.65 Å². The lowest BCUT2D eigenvalue weighted by Gasteiger charge is -2.22. The first-order chi connectivity index (χ1) is 13.7. The molecule has 1 atom stereocenters. The van der Waals surface area contributed by atoms with Gasteiger partial charge in [0, 0.05) is 38.8 Å². The highest BCUT2D eigenvalue weighted by Gasteiger charge is 2.61. The van der Waals surface area contributed by atoms with Crippen molar-refractivity contribution in [2.45, 2.75) is 32.2 Å². The molecule has 4 rings (SSSR count). The number of amides is 1. The number of nitrogens with zero attached hydrogens (tertiary/aromatic N) is 3. The van der Waals surface area contributed by atoms with Crippen molar-refractivity contribution in [3.8, 4) is 0 Å². The van der Waals surface area contributed by atoms with Crippen molar-refractivity contribution in [1.82, 2.24) is 19.6 Å². The number of carbonyl (C=O) groups excluding carboxylic acids is 1. The molecule has 1 amide bonds. The van der Waals surface area contributed by atoms with Crippen molar-refractivity contribution in [2.75, 3.05) is 20.6 Å². The molecule has 0 aliphatic heterocycles. The number of aromatic nitrogens is 2. The number of benzene rings is 1. The molecule has 6 heteroatoms. The maximum absolute atomic E-state index is 12.7. The molecule has 3 aromatic rings. The van der Waals surface area contributed by atoms with Crippen LogP contribution in [0.15, 0.2) is 48.7 Å². The zero-order chi connectivity index (χ0) is 20.8. The Balaban J connectivity index is 1.62. The van der Waals surface area contributed by atoms with E-state index in [1.165, 1.54) is 5.56 Å². The Morgan fingerprint density at radius 2 is 1.90 bits per heavy atom. The number of hydrogen-bond acceptors (Lipinski definition) is 3. The summed E-state index contributed by atoms with van der Waals surface area (Å²) >= 11 is 6.21. The summed E-state index contributed by atoms with van der Waals surface area (Å²) in [6.07, 6.45) is 2.96. The number of imidazole rings is 1. The number of carbonyl (C=O) groups is 1. The van der Waals surface area contributed by atoms with Gasteiger partial charge in [0.25, 0.3) is 5.91 Å². The predicted molar refractivity (Wildman–Crippen MR) is 116 cm³/mol. The van der Waals surface area contributed by atoms with Crippen LogP contribution >= 0.6 is 11.6 Å². The summed E-state index contributed by atoms with van der Waals surface area (Å²) in [5, 5.41) is 4.23. The van der Waals surface area contributed by atoms with E-state index in [1.807, 2.05) is 16.7 Å². The number of rotatable bonds is 6. The molecule has 5 nitrogen and oxygen atoms in total. The molecular formula is C23H27ClN4O. The van der Waals surface area contributed by atoms with Gasteiger partial charge in [-0.2, -0.15) is 0 Å². The Labute approximate surface area is 176 Å². The van der Waals surface area contributed by atoms with Crippen molar-refractivity contribution in [3.05, 3.63) is 70.6 Å². The number of fused-ring (bicyclic) bond motifs is 1. The maximum Gasteiger partial charge on any atom is 0.273 e. The number of hydrogen-bond donors (Lipinski definition) is 1. The normalized spacial score (nSPS) is 20.0. The van der Waals surface area contributed by atoms with Gasteiger partial charge < -0.3 is 14.6 Å². The number of pyridine rings is 1. The summed E-state index contributed by atoms with van der Waals surface area (Å²) < 4.78 is 1.92. The van der Waals surface area contributed by atoms with Crippen LogP contribution in [0, 0.1) is 5.41 Å². The average Bonchev–Trinajstić information content (AvgIpc) is 3.08. The van der Waals surface area contributed by atoms with Crippen molar-refractivity contribution in [1.29, 1.82) is 0 Å². The van der Waals surface area contributed by atoms with Crippen LogP contribution in [-0.2, 0) is 12.0 Å². The van der Waals surface area contributed by atoms with E-state index in [-0.39, 0.29) is 16.7 Å². The largest absolute Gasteiger partial charge is 0.343 e. The molecule has 1 aliphatic carbocycles. The Bertz CT molecular complexity index is 1060. The van der Waals surface area contributed by atoms with Gasteiger partial charge in [0.15, 0.2) is 5.69 Å². The van der Waals surface area contributed by atoms with Crippen LogP contribution in [0.4, 0.5) is 0 Å². The first-order valence-corrected chi connectivity index (χ1v) is 10.3. The first-order valence-electron chi connectivity index (χ1n) is 9.90. The second-order valence-corrected chi connectivity index (χ2v) is 9.23. The molecule has 1 aliphatic rings. The average molecular weight is 411 g/mol. The van der Waals surface area contributed by atoms with Crippen molar-refractivity contribution in [2.24, 2.45) is 5.41 Å². The standard InChI is InChI=1S/C23H27ClN4O/c1-22(2)14-23(22,16-8-6-5-7-9-16)15-25-12-18-20(21(29)27(3)4)26-19-11-10-17(24)13-28(18)19/h5-11,13,25H,12,14-15H2,1-4H3. The molecule has 1 aromatic carbocycles. The van der Waals surface area contributed by atoms with E-state index in [0.29, 0.717) is 17.3 Å². The maximum atomic E-state index is 12.7. The molecule has 0 saturated heterocycles. The summed E-state index contributed by atoms with van der Waals surface area (Å²) in [4.78, 5) is 18.8. The Morgan fingerprint density at radius 3 is 2.52 bits per heavy atom. The molecular weight excluding hydrogens is 384 g/mol. The summed E-state index contributed by atoms with van der Waals surface area (Å²) in [7, 11) is 3.49. The monoisotopic (exact) mass is 410 g/mol. The smallest absolute Gasteiger partial charge is 0.273 e. The van der Waals surface area contributed by atoms with E-state index in [4.69, 9.17) is 11.6 Å². The molecule has 1 N–H and O–H groups in total. The second-order valence-electron chi connectivity index (χ2n) is 8.79. The van der Waals surface area contributed by atoms with Crippen LogP contribution in [0.3, 0.4) is 0 Å². The van der Waals surface area contributed by atoms with Crippen LogP contribution in [0.1, 0.15) is 42.0 Å². The van der Waals surface area contributed by atoms with Crippen molar-refractivity contribution >= 4 is 23.2 Å². The van der Waals surface area contributed by atoms with Gasteiger partial charge >= 0.3 is 0 Å². The van der Waals surface area contributed by atoms with E-state index >= 15 is 0 Å². The lowest BCUT2D eigenvalue weighted by molar-refractivity contribution is 0.0821. The fraction of sp³-hybridized carbons (Fsp3) is 0.391. The van der Waals surface area contributed by atoms with Gasteiger partial charge in [0.05, 0.1) is 10.7 Å². The zero-order valence-corrected chi connectivity index (χ0v) is 18.1. The molecule has 0 spiro atoms. The Kier molecular flexibility index (Phi) is 4.91. The molecule has 1 saturated carbocycles. The first kappa shape index (κ1) is 19.9. The summed E-state index contributed by atoms with van der Waals surface area (Å²) in [6, 6.07) is 14.3. The van der Waals surface area contributed by atoms with Crippen LogP contribution < -0.4 is 5.32 Å². The second kappa shape index (κ2) is 7.15. The molecule has 0 bridgehead atoms. The molecule has 0 radical (unpaired) electrons. The lowest BCUT2D eigenvalue weighted by atomic mass is 9.88. The molecule has 2 aromatic heterocycles. The number of halogens is 1. The van der Waals surface area contributed by atoms with E-state index in [9.17, 15) is 4.79 Å². The summed E-state index contributed by atoms with van der Waals surface area (Å²) in [6.45, 7) is 6.02. The van der Waals surface area contributed by atoms with Gasteiger partial charge in [-0.3, -0.25) is 4.79 Å². The van der Waals surface area contributed by atoms with E-state index < -0.39 is 0 Å². The molecule has 2 heterocycles. The van der Waals surface area contributed by atoms with Crippen LogP contribution in [0.25, 0.3) is 5.65 Å². The SMILES string of the molecule is CN(C)C(=O)c1nc2ccc(Cl)cn2c1CNCC1(c2ccccc2)CC1(C)C. The van der Waals surface area contributed by atoms with Crippen LogP contribution in [0.5, 0.6) is 0 Å². The summed E-state index contributed by atoms with van der Waals surface area (Å²) in [5.74, 6) is -0.105. The third-order valence-electron chi connectivity index (χ3n) is 6.25. The van der Waals surface area contributed by atoms with Gasteiger partial charge in [0.2, 0.25) is 0 Å². The van der Waals surface area contributed by atoms with Gasteiger partial charge in [-0.05, 0) is 29.5 Å². The third kappa shape index (κ3) is 3.43. The summed E-state index contributed by atoms with van der Waals surface area (Å²) in [5.41, 5.74) is 3.74. The minimum Gasteiger partial charge on any atom is -0.343 e. The van der Waals surface area contributed by atoms with Crippen LogP contribution in [0.2, 0.25) is 5.02 Å². The minimum absolute atomic E-state index is 0.105. The molecule has 29 heavy (non-hydrogen) atoms. The molecule has 1 unspecified atom stereocenters. The fourth-order valence-corrected chi connectivity index (χ4v) is 4.54. The molecule has 1 fully saturated rings. The zero-order valence-electron chi connectivity index (χ0n) is 17.4. The van der Waals surface area contributed by atoms with Crippen molar-refractivity contribution in [3.63, 3.8) is 0 Å². The highest BCUT2D eigenvalue weighted by molar-refractivity contribution is 6.30. The Hall–Kier alpha value is -2.37. The minimum atomic E-state index is -0.105. The van der Waals surface area contributed by atoms with E-state index in [0.717, 1.165) is 24.3 Å². The van der Waals surface area contributed by atoms with Gasteiger partial charge in [-0.15, -0.1) is 0 Å². The van der Waals surface area contributed by atoms with Crippen LogP contribution in [-0.4, -0.2) is 40.8 Å². The quantitative estimate of drug-likeness (QED) is 0.664.